The van der Waals surface area contributed by atoms with E-state index in [0.717, 1.165) is 55.7 Å². The van der Waals surface area contributed by atoms with Crippen LogP contribution in [0.4, 0.5) is 0 Å². The van der Waals surface area contributed by atoms with Crippen LogP contribution in [0, 0.1) is 0 Å². The van der Waals surface area contributed by atoms with Gasteiger partial charge in [-0.25, -0.2) is 0 Å². The summed E-state index contributed by atoms with van der Waals surface area (Å²) in [6.07, 6.45) is 1.92. The SMILES string of the molecule is c1ccc([Si](c2ccccc2)(c2cccc(-n3c4ccccc4c4cc(-n5c6ccccc6c6ccccc65)ccc43)c2)c2ccccc2-c2ccccc2-c2nccc3c2oc2ccccc23)cc1. The molecular weight excluding hydrogens is 867 g/mol. The Morgan fingerprint density at radius 1 is 0.329 bits per heavy atom. The van der Waals surface area contributed by atoms with E-state index >= 15 is 0 Å². The Kier molecular flexibility index (Phi) is 9.19. The van der Waals surface area contributed by atoms with Gasteiger partial charge >= 0.3 is 0 Å². The summed E-state index contributed by atoms with van der Waals surface area (Å²) in [6.45, 7) is 0. The minimum Gasteiger partial charge on any atom is -0.454 e. The van der Waals surface area contributed by atoms with Gasteiger partial charge in [0.1, 0.15) is 11.3 Å². The van der Waals surface area contributed by atoms with Crippen molar-refractivity contribution in [3.05, 3.63) is 261 Å². The number of fused-ring (bicyclic) bond motifs is 9. The molecule has 0 saturated heterocycles. The first-order valence-electron chi connectivity index (χ1n) is 23.9. The van der Waals surface area contributed by atoms with Crippen LogP contribution in [0.25, 0.3) is 99.3 Å². The van der Waals surface area contributed by atoms with Gasteiger partial charge in [-0.3, -0.25) is 4.98 Å². The van der Waals surface area contributed by atoms with Crippen molar-refractivity contribution in [1.82, 2.24) is 14.1 Å². The molecule has 0 N–H and O–H groups in total. The molecule has 4 heterocycles. The van der Waals surface area contributed by atoms with Gasteiger partial charge in [-0.1, -0.05) is 194 Å². The number of rotatable bonds is 8. The minimum absolute atomic E-state index is 0.796. The van der Waals surface area contributed by atoms with E-state index in [0.29, 0.717) is 0 Å². The lowest BCUT2D eigenvalue weighted by Gasteiger charge is -2.36. The van der Waals surface area contributed by atoms with Crippen LogP contribution in [0.2, 0.25) is 0 Å². The molecule has 4 aromatic heterocycles. The van der Waals surface area contributed by atoms with E-state index in [1.807, 2.05) is 18.3 Å². The molecule has 0 amide bonds. The molecule has 0 aliphatic carbocycles. The van der Waals surface area contributed by atoms with E-state index in [9.17, 15) is 0 Å². The molecule has 0 aliphatic rings. The van der Waals surface area contributed by atoms with Crippen molar-refractivity contribution in [2.75, 3.05) is 0 Å². The first kappa shape index (κ1) is 40.1. The van der Waals surface area contributed by atoms with Crippen LogP contribution in [0.3, 0.4) is 0 Å². The Balaban J connectivity index is 1.01. The van der Waals surface area contributed by atoms with E-state index in [4.69, 9.17) is 9.40 Å². The van der Waals surface area contributed by atoms with Crippen LogP contribution in [0.1, 0.15) is 0 Å². The fourth-order valence-electron chi connectivity index (χ4n) is 11.6. The summed E-state index contributed by atoms with van der Waals surface area (Å²) in [5.74, 6) is 0. The summed E-state index contributed by atoms with van der Waals surface area (Å²) < 4.78 is 11.5. The predicted octanol–water partition coefficient (Wildman–Crippen LogP) is 13.9. The van der Waals surface area contributed by atoms with Crippen molar-refractivity contribution in [1.29, 1.82) is 0 Å². The Labute approximate surface area is 405 Å². The van der Waals surface area contributed by atoms with Gasteiger partial charge in [-0.15, -0.1) is 0 Å². The highest BCUT2D eigenvalue weighted by atomic mass is 28.3. The summed E-state index contributed by atoms with van der Waals surface area (Å²) in [5, 5.41) is 12.3. The molecule has 14 rings (SSSR count). The molecule has 328 valence electrons. The monoisotopic (exact) mass is 909 g/mol. The molecule has 14 aromatic rings. The van der Waals surface area contributed by atoms with Crippen molar-refractivity contribution in [2.24, 2.45) is 0 Å². The quantitative estimate of drug-likeness (QED) is 0.112. The second-order valence-electron chi connectivity index (χ2n) is 18.2. The highest BCUT2D eigenvalue weighted by Crippen LogP contribution is 2.40. The molecule has 0 unspecified atom stereocenters. The molecule has 10 aromatic carbocycles. The van der Waals surface area contributed by atoms with Crippen molar-refractivity contribution in [3.8, 4) is 33.8 Å². The molecule has 0 fully saturated rings. The third kappa shape index (κ3) is 5.98. The topological polar surface area (TPSA) is 35.9 Å². The number of hydrogen-bond acceptors (Lipinski definition) is 2. The molecule has 5 heteroatoms. The number of benzene rings is 10. The van der Waals surface area contributed by atoms with Crippen LogP contribution in [0.15, 0.2) is 265 Å². The predicted molar refractivity (Wildman–Crippen MR) is 295 cm³/mol. The summed E-state index contributed by atoms with van der Waals surface area (Å²) in [5.41, 5.74) is 12.8. The van der Waals surface area contributed by atoms with Gasteiger partial charge in [-0.2, -0.15) is 0 Å². The lowest BCUT2D eigenvalue weighted by Crippen LogP contribution is -2.75. The van der Waals surface area contributed by atoms with Crippen LogP contribution < -0.4 is 20.7 Å². The fraction of sp³-hybridized carbons (Fsp3) is 0. The van der Waals surface area contributed by atoms with Crippen molar-refractivity contribution >= 4 is 94.4 Å². The van der Waals surface area contributed by atoms with Crippen molar-refractivity contribution in [3.63, 3.8) is 0 Å². The van der Waals surface area contributed by atoms with Crippen LogP contribution in [-0.4, -0.2) is 22.2 Å². The summed E-state index contributed by atoms with van der Waals surface area (Å²) >= 11 is 0. The first-order valence-corrected chi connectivity index (χ1v) is 25.9. The van der Waals surface area contributed by atoms with Gasteiger partial charge in [0, 0.05) is 55.5 Å². The highest BCUT2D eigenvalue weighted by molar-refractivity contribution is 7.20. The molecule has 70 heavy (non-hydrogen) atoms. The molecule has 0 spiro atoms. The van der Waals surface area contributed by atoms with E-state index in [1.54, 1.807) is 0 Å². The zero-order valence-corrected chi connectivity index (χ0v) is 39.1. The maximum Gasteiger partial charge on any atom is 0.180 e. The van der Waals surface area contributed by atoms with Gasteiger partial charge < -0.3 is 13.6 Å². The maximum absolute atomic E-state index is 6.65. The number of nitrogens with zero attached hydrogens (tertiary/aromatic N) is 3. The third-order valence-electron chi connectivity index (χ3n) is 14.5. The van der Waals surface area contributed by atoms with Crippen LogP contribution in [-0.2, 0) is 0 Å². The number of para-hydroxylation sites is 4. The minimum atomic E-state index is -3.17. The molecule has 0 radical (unpaired) electrons. The average Bonchev–Trinajstić information content (AvgIpc) is 4.10. The normalized spacial score (nSPS) is 12.0. The fourth-order valence-corrected chi connectivity index (χ4v) is 16.6. The highest BCUT2D eigenvalue weighted by Gasteiger charge is 2.43. The second-order valence-corrected chi connectivity index (χ2v) is 22.0. The zero-order valence-electron chi connectivity index (χ0n) is 38.1. The molecule has 0 aliphatic heterocycles. The largest absolute Gasteiger partial charge is 0.454 e. The Morgan fingerprint density at radius 2 is 0.829 bits per heavy atom. The van der Waals surface area contributed by atoms with Crippen LogP contribution in [0.5, 0.6) is 0 Å². The number of aromatic nitrogens is 3. The average molecular weight is 910 g/mol. The van der Waals surface area contributed by atoms with Crippen molar-refractivity contribution < 1.29 is 4.42 Å². The lowest BCUT2D eigenvalue weighted by atomic mass is 9.96. The van der Waals surface area contributed by atoms with E-state index in [-0.39, 0.29) is 0 Å². The van der Waals surface area contributed by atoms with E-state index in [1.165, 1.54) is 64.4 Å². The molecule has 0 atom stereocenters. The number of furan rings is 1. The number of pyridine rings is 1. The van der Waals surface area contributed by atoms with E-state index in [2.05, 4.69) is 252 Å². The molecular formula is C65H43N3OSi. The third-order valence-corrected chi connectivity index (χ3v) is 19.4. The Morgan fingerprint density at radius 3 is 1.50 bits per heavy atom. The maximum atomic E-state index is 6.65. The lowest BCUT2D eigenvalue weighted by molar-refractivity contribution is 0.668. The van der Waals surface area contributed by atoms with Crippen LogP contribution >= 0.6 is 0 Å². The second kappa shape index (κ2) is 16.1. The van der Waals surface area contributed by atoms with Gasteiger partial charge in [0.05, 0.1) is 22.1 Å². The molecule has 0 saturated carbocycles. The van der Waals surface area contributed by atoms with Gasteiger partial charge in [0.2, 0.25) is 0 Å². The van der Waals surface area contributed by atoms with E-state index < -0.39 is 8.07 Å². The molecule has 0 bridgehead atoms. The molecule has 4 nitrogen and oxygen atoms in total. The Bertz CT molecular complexity index is 4220. The summed E-state index contributed by atoms with van der Waals surface area (Å²) in [4.78, 5) is 5.07. The van der Waals surface area contributed by atoms with Gasteiger partial charge in [0.25, 0.3) is 0 Å². The standard InChI is InChI=1S/C65H43N3OSi/c1-3-21-46(22-4-1)70(47-23-5-2-6-24-47,63-37-18-13-31-54(63)49-26-7-8-32-55(49)64-65-56(40-41-66-64)53-30-12-17-36-62(53)69-65)48-25-19-20-44(42-48)67-60-35-16-11-29-52(60)57-43-45(38-39-61(57)67)68-58-33-14-9-27-50(58)51-28-10-15-34-59(51)68/h1-43H. The summed E-state index contributed by atoms with van der Waals surface area (Å²) in [7, 11) is -3.17. The zero-order chi connectivity index (χ0) is 46.2. The number of hydrogen-bond donors (Lipinski definition) is 0. The van der Waals surface area contributed by atoms with Gasteiger partial charge in [0.15, 0.2) is 13.7 Å². The smallest absolute Gasteiger partial charge is 0.180 e. The van der Waals surface area contributed by atoms with Gasteiger partial charge in [-0.05, 0) is 92.5 Å². The first-order chi connectivity index (χ1) is 34.8. The summed E-state index contributed by atoms with van der Waals surface area (Å²) in [6, 6.07) is 93.4. The van der Waals surface area contributed by atoms with Crippen molar-refractivity contribution in [2.45, 2.75) is 0 Å². The Hall–Kier alpha value is -9.03.